The minimum Gasteiger partial charge on any atom is -0.393 e. The molecular weight excluding hydrogens is 290 g/mol. The van der Waals surface area contributed by atoms with Crippen LogP contribution in [0.4, 0.5) is 23.0 Å². The highest BCUT2D eigenvalue weighted by molar-refractivity contribution is 5.79. The number of nitrogens with one attached hydrogen (secondary N) is 1. The third-order valence-corrected chi connectivity index (χ3v) is 3.34. The summed E-state index contributed by atoms with van der Waals surface area (Å²) in [4.78, 5) is 9.79. The Hall–Kier alpha value is -3.32. The van der Waals surface area contributed by atoms with Crippen LogP contribution in [0, 0.1) is 22.7 Å². The molecule has 2 rings (SSSR count). The maximum absolute atomic E-state index is 8.89. The molecule has 0 aliphatic heterocycles. The summed E-state index contributed by atoms with van der Waals surface area (Å²) in [7, 11) is 0. The average Bonchev–Trinajstić information content (AvgIpc) is 2.57. The molecule has 0 spiro atoms. The maximum Gasteiger partial charge on any atom is 0.159 e. The summed E-state index contributed by atoms with van der Waals surface area (Å²) >= 11 is 0. The standard InChI is InChI=1S/C16H17N7/c1-2-12-5-3-4-6-13(12)22-15-14(19)16(21-11-20-15)23(9-7-17)10-8-18/h3-6,11H,2,9-10,19H2,1H3,(H,20,21,22). The van der Waals surface area contributed by atoms with Crippen LogP contribution in [0.1, 0.15) is 12.5 Å². The predicted octanol–water partition coefficient (Wildman–Crippen LogP) is 2.22. The Morgan fingerprint density at radius 1 is 1.17 bits per heavy atom. The summed E-state index contributed by atoms with van der Waals surface area (Å²) in [6, 6.07) is 11.9. The first-order chi connectivity index (χ1) is 11.2. The van der Waals surface area contributed by atoms with Gasteiger partial charge in [-0.15, -0.1) is 0 Å². The van der Waals surface area contributed by atoms with Gasteiger partial charge in [0.2, 0.25) is 0 Å². The number of para-hydroxylation sites is 1. The van der Waals surface area contributed by atoms with E-state index in [9.17, 15) is 0 Å². The van der Waals surface area contributed by atoms with Crippen molar-refractivity contribution >= 4 is 23.0 Å². The van der Waals surface area contributed by atoms with Gasteiger partial charge in [0.25, 0.3) is 0 Å². The van der Waals surface area contributed by atoms with E-state index in [0.29, 0.717) is 17.3 Å². The number of aryl methyl sites for hydroxylation is 1. The molecule has 7 nitrogen and oxygen atoms in total. The molecule has 0 aliphatic rings. The first-order valence-electron chi connectivity index (χ1n) is 7.15. The van der Waals surface area contributed by atoms with E-state index in [1.54, 1.807) is 0 Å². The minimum atomic E-state index is 0.0275. The fraction of sp³-hybridized carbons (Fsp3) is 0.250. The quantitative estimate of drug-likeness (QED) is 0.786. The minimum absolute atomic E-state index is 0.0275. The van der Waals surface area contributed by atoms with Gasteiger partial charge in [0, 0.05) is 5.69 Å². The molecule has 0 atom stereocenters. The number of hydrogen-bond acceptors (Lipinski definition) is 7. The summed E-state index contributed by atoms with van der Waals surface area (Å²) in [5.41, 5.74) is 8.50. The number of hydrogen-bond donors (Lipinski definition) is 2. The van der Waals surface area contributed by atoms with Crippen molar-refractivity contribution in [3.63, 3.8) is 0 Å². The van der Waals surface area contributed by atoms with E-state index in [2.05, 4.69) is 22.2 Å². The third kappa shape index (κ3) is 3.66. The third-order valence-electron chi connectivity index (χ3n) is 3.34. The molecule has 1 aromatic carbocycles. The van der Waals surface area contributed by atoms with Crippen molar-refractivity contribution in [1.29, 1.82) is 10.5 Å². The zero-order valence-electron chi connectivity index (χ0n) is 12.8. The second kappa shape index (κ2) is 7.62. The monoisotopic (exact) mass is 307 g/mol. The SMILES string of the molecule is CCc1ccccc1Nc1ncnc(N(CC#N)CC#N)c1N. The van der Waals surface area contributed by atoms with Crippen molar-refractivity contribution in [2.75, 3.05) is 29.0 Å². The first-order valence-corrected chi connectivity index (χ1v) is 7.15. The van der Waals surface area contributed by atoms with Crippen molar-refractivity contribution in [3.8, 4) is 12.1 Å². The lowest BCUT2D eigenvalue weighted by Crippen LogP contribution is -2.26. The molecule has 1 aromatic heterocycles. The van der Waals surface area contributed by atoms with Gasteiger partial charge in [0.15, 0.2) is 11.6 Å². The van der Waals surface area contributed by atoms with Crippen molar-refractivity contribution in [3.05, 3.63) is 36.2 Å². The lowest BCUT2D eigenvalue weighted by Gasteiger charge is -2.20. The summed E-state index contributed by atoms with van der Waals surface area (Å²) in [6.45, 7) is 2.12. The van der Waals surface area contributed by atoms with Crippen LogP contribution < -0.4 is 16.0 Å². The van der Waals surface area contributed by atoms with Gasteiger partial charge in [-0.1, -0.05) is 25.1 Å². The number of rotatable bonds is 6. The Morgan fingerprint density at radius 2 is 1.87 bits per heavy atom. The largest absolute Gasteiger partial charge is 0.393 e. The van der Waals surface area contributed by atoms with E-state index in [4.69, 9.17) is 16.3 Å². The van der Waals surface area contributed by atoms with E-state index in [1.807, 2.05) is 36.4 Å². The van der Waals surface area contributed by atoms with E-state index in [0.717, 1.165) is 17.7 Å². The van der Waals surface area contributed by atoms with E-state index < -0.39 is 0 Å². The molecule has 2 aromatic rings. The molecule has 23 heavy (non-hydrogen) atoms. The molecule has 0 bridgehead atoms. The highest BCUT2D eigenvalue weighted by Crippen LogP contribution is 2.29. The smallest absolute Gasteiger partial charge is 0.159 e. The van der Waals surface area contributed by atoms with Crippen molar-refractivity contribution < 1.29 is 0 Å². The lowest BCUT2D eigenvalue weighted by molar-refractivity contribution is 0.929. The fourth-order valence-electron chi connectivity index (χ4n) is 2.19. The number of nitriles is 2. The van der Waals surface area contributed by atoms with Gasteiger partial charge >= 0.3 is 0 Å². The van der Waals surface area contributed by atoms with Crippen LogP contribution in [0.3, 0.4) is 0 Å². The zero-order chi connectivity index (χ0) is 16.7. The Labute approximate surface area is 135 Å². The fourth-order valence-corrected chi connectivity index (χ4v) is 2.19. The second-order valence-corrected chi connectivity index (χ2v) is 4.77. The topological polar surface area (TPSA) is 115 Å². The van der Waals surface area contributed by atoms with E-state index >= 15 is 0 Å². The molecule has 0 fully saturated rings. The van der Waals surface area contributed by atoms with Gasteiger partial charge in [-0.2, -0.15) is 10.5 Å². The predicted molar refractivity (Wildman–Crippen MR) is 89.0 cm³/mol. The van der Waals surface area contributed by atoms with Crippen LogP contribution in [-0.4, -0.2) is 23.1 Å². The Morgan fingerprint density at radius 3 is 2.52 bits per heavy atom. The van der Waals surface area contributed by atoms with Crippen LogP contribution in [0.2, 0.25) is 0 Å². The number of nitrogens with zero attached hydrogens (tertiary/aromatic N) is 5. The Bertz CT molecular complexity index is 742. The van der Waals surface area contributed by atoms with Gasteiger partial charge in [-0.25, -0.2) is 9.97 Å². The molecule has 0 saturated heterocycles. The summed E-state index contributed by atoms with van der Waals surface area (Å²) in [6.07, 6.45) is 2.24. The zero-order valence-corrected chi connectivity index (χ0v) is 12.8. The van der Waals surface area contributed by atoms with E-state index in [1.165, 1.54) is 11.2 Å². The van der Waals surface area contributed by atoms with Crippen LogP contribution in [-0.2, 0) is 6.42 Å². The molecule has 7 heteroatoms. The second-order valence-electron chi connectivity index (χ2n) is 4.77. The molecule has 0 unspecified atom stereocenters. The van der Waals surface area contributed by atoms with Crippen molar-refractivity contribution in [2.24, 2.45) is 0 Å². The maximum atomic E-state index is 8.89. The highest BCUT2D eigenvalue weighted by Gasteiger charge is 2.15. The average molecular weight is 307 g/mol. The van der Waals surface area contributed by atoms with Crippen LogP contribution in [0.15, 0.2) is 30.6 Å². The molecule has 0 saturated carbocycles. The summed E-state index contributed by atoms with van der Waals surface area (Å²) < 4.78 is 0. The van der Waals surface area contributed by atoms with Crippen molar-refractivity contribution in [1.82, 2.24) is 9.97 Å². The Balaban J connectivity index is 2.36. The van der Waals surface area contributed by atoms with Gasteiger partial charge in [0.05, 0.1) is 12.1 Å². The molecule has 1 heterocycles. The number of anilines is 4. The molecule has 0 radical (unpaired) electrons. The number of nitrogens with two attached hydrogens (primary N) is 1. The first kappa shape index (κ1) is 16.1. The molecule has 0 aliphatic carbocycles. The normalized spacial score (nSPS) is 9.70. The summed E-state index contributed by atoms with van der Waals surface area (Å²) in [5.74, 6) is 0.830. The summed E-state index contributed by atoms with van der Waals surface area (Å²) in [5, 5.41) is 21.0. The van der Waals surface area contributed by atoms with Gasteiger partial charge in [-0.3, -0.25) is 0 Å². The highest BCUT2D eigenvalue weighted by atomic mass is 15.2. The van der Waals surface area contributed by atoms with Gasteiger partial charge < -0.3 is 16.0 Å². The van der Waals surface area contributed by atoms with Gasteiger partial charge in [-0.05, 0) is 18.1 Å². The lowest BCUT2D eigenvalue weighted by atomic mass is 10.1. The van der Waals surface area contributed by atoms with E-state index in [-0.39, 0.29) is 13.1 Å². The Kier molecular flexibility index (Phi) is 5.32. The molecule has 116 valence electrons. The van der Waals surface area contributed by atoms with Gasteiger partial charge in [0.1, 0.15) is 25.1 Å². The molecule has 0 amide bonds. The molecule has 3 N–H and O–H groups in total. The van der Waals surface area contributed by atoms with Crippen LogP contribution in [0.5, 0.6) is 0 Å². The number of benzene rings is 1. The van der Waals surface area contributed by atoms with Crippen LogP contribution in [0.25, 0.3) is 0 Å². The number of nitrogen functional groups attached to an aromatic ring is 1. The number of aromatic nitrogens is 2. The van der Waals surface area contributed by atoms with Crippen molar-refractivity contribution in [2.45, 2.75) is 13.3 Å². The molecular formula is C16H17N7. The van der Waals surface area contributed by atoms with Crippen LogP contribution >= 0.6 is 0 Å².